The number of likely N-dealkylation sites (tertiary alicyclic amines) is 1. The van der Waals surface area contributed by atoms with Gasteiger partial charge in [-0.15, -0.1) is 0 Å². The molecule has 6 aliphatic rings. The summed E-state index contributed by atoms with van der Waals surface area (Å²) in [6.45, 7) is 2.37. The third kappa shape index (κ3) is 3.49. The van der Waals surface area contributed by atoms with Gasteiger partial charge in [0.1, 0.15) is 0 Å². The lowest BCUT2D eigenvalue weighted by atomic mass is 9.54. The van der Waals surface area contributed by atoms with Crippen LogP contribution in [0.15, 0.2) is 0 Å². The molecule has 1 heterocycles. The number of nitriles is 1. The summed E-state index contributed by atoms with van der Waals surface area (Å²) in [6, 6.07) is 3.18. The Kier molecular flexibility index (Phi) is 5.16. The van der Waals surface area contributed by atoms with Crippen molar-refractivity contribution in [1.82, 2.24) is 10.2 Å². The van der Waals surface area contributed by atoms with Gasteiger partial charge in [-0.2, -0.15) is 5.26 Å². The van der Waals surface area contributed by atoms with E-state index in [1.165, 1.54) is 64.2 Å². The summed E-state index contributed by atoms with van der Waals surface area (Å²) in [4.78, 5) is 15.1. The van der Waals surface area contributed by atoms with E-state index in [0.717, 1.165) is 49.6 Å². The fourth-order valence-electron chi connectivity index (χ4n) is 7.97. The SMILES string of the molecule is N#CC1(C2CCCCC2)CCN(CC(=O)NC2C3CC4CC(C3)CC2C4)CC1. The first-order valence-corrected chi connectivity index (χ1v) is 12.1. The van der Waals surface area contributed by atoms with Gasteiger partial charge >= 0.3 is 0 Å². The lowest BCUT2D eigenvalue weighted by molar-refractivity contribution is -0.126. The summed E-state index contributed by atoms with van der Waals surface area (Å²) in [5.41, 5.74) is -0.116. The van der Waals surface area contributed by atoms with Crippen molar-refractivity contribution in [3.63, 3.8) is 0 Å². The predicted octanol–water partition coefficient (Wildman–Crippen LogP) is 4.11. The zero-order valence-corrected chi connectivity index (χ0v) is 17.4. The minimum atomic E-state index is -0.116. The van der Waals surface area contributed by atoms with Crippen LogP contribution in [0.1, 0.15) is 77.0 Å². The van der Waals surface area contributed by atoms with Gasteiger partial charge in [-0.25, -0.2) is 0 Å². The summed E-state index contributed by atoms with van der Waals surface area (Å²) < 4.78 is 0. The highest BCUT2D eigenvalue weighted by atomic mass is 16.2. The number of hydrogen-bond acceptors (Lipinski definition) is 3. The Labute approximate surface area is 170 Å². The minimum absolute atomic E-state index is 0.116. The highest BCUT2D eigenvalue weighted by molar-refractivity contribution is 5.78. The number of rotatable bonds is 4. The molecule has 6 rings (SSSR count). The van der Waals surface area contributed by atoms with E-state index < -0.39 is 0 Å². The van der Waals surface area contributed by atoms with Gasteiger partial charge in [-0.05, 0) is 87.4 Å². The van der Waals surface area contributed by atoms with E-state index in [1.54, 1.807) is 0 Å². The number of amides is 1. The Hall–Kier alpha value is -1.08. The molecule has 6 fully saturated rings. The van der Waals surface area contributed by atoms with E-state index in [2.05, 4.69) is 16.3 Å². The van der Waals surface area contributed by atoms with Crippen LogP contribution in [0.4, 0.5) is 0 Å². The molecule has 0 unspecified atom stereocenters. The topological polar surface area (TPSA) is 56.1 Å². The van der Waals surface area contributed by atoms with Crippen molar-refractivity contribution in [2.24, 2.45) is 35.0 Å². The van der Waals surface area contributed by atoms with Crippen molar-refractivity contribution < 1.29 is 4.79 Å². The Bertz CT molecular complexity index is 596. The van der Waals surface area contributed by atoms with Crippen LogP contribution < -0.4 is 5.32 Å². The Balaban J connectivity index is 1.13. The molecule has 5 aliphatic carbocycles. The summed E-state index contributed by atoms with van der Waals surface area (Å²) in [5.74, 6) is 4.24. The molecule has 0 aromatic carbocycles. The second-order valence-electron chi connectivity index (χ2n) is 10.9. The van der Waals surface area contributed by atoms with Gasteiger partial charge in [0.05, 0.1) is 18.0 Å². The predicted molar refractivity (Wildman–Crippen MR) is 109 cm³/mol. The summed E-state index contributed by atoms with van der Waals surface area (Å²) >= 11 is 0. The molecule has 0 aromatic rings. The van der Waals surface area contributed by atoms with Crippen molar-refractivity contribution >= 4 is 5.91 Å². The highest BCUT2D eigenvalue weighted by Gasteiger charge is 2.49. The number of nitrogens with one attached hydrogen (secondary N) is 1. The third-order valence-electron chi connectivity index (χ3n) is 9.28. The molecule has 0 atom stereocenters. The average molecular weight is 384 g/mol. The third-order valence-corrected chi connectivity index (χ3v) is 9.28. The fourth-order valence-corrected chi connectivity index (χ4v) is 7.97. The van der Waals surface area contributed by atoms with Crippen molar-refractivity contribution in [2.75, 3.05) is 19.6 Å². The smallest absolute Gasteiger partial charge is 0.234 e. The maximum atomic E-state index is 12.8. The Morgan fingerprint density at radius 3 is 2.14 bits per heavy atom. The molecule has 1 amide bonds. The number of carbonyl (C=O) groups is 1. The fraction of sp³-hybridized carbons (Fsp3) is 0.917. The van der Waals surface area contributed by atoms with E-state index >= 15 is 0 Å². The Morgan fingerprint density at radius 1 is 0.964 bits per heavy atom. The zero-order chi connectivity index (χ0) is 19.1. The van der Waals surface area contributed by atoms with Crippen LogP contribution >= 0.6 is 0 Å². The second kappa shape index (κ2) is 7.63. The van der Waals surface area contributed by atoms with Crippen LogP contribution in [0, 0.1) is 46.3 Å². The summed E-state index contributed by atoms with van der Waals surface area (Å²) in [5, 5.41) is 13.4. The largest absolute Gasteiger partial charge is 0.352 e. The molecule has 4 nitrogen and oxygen atoms in total. The van der Waals surface area contributed by atoms with Gasteiger partial charge in [-0.3, -0.25) is 9.69 Å². The molecule has 1 aliphatic heterocycles. The molecule has 1 N–H and O–H groups in total. The number of carbonyl (C=O) groups excluding carboxylic acids is 1. The van der Waals surface area contributed by atoms with E-state index in [-0.39, 0.29) is 11.3 Å². The molecule has 0 radical (unpaired) electrons. The van der Waals surface area contributed by atoms with Crippen LogP contribution in [-0.2, 0) is 4.79 Å². The molecule has 28 heavy (non-hydrogen) atoms. The molecule has 4 heteroatoms. The minimum Gasteiger partial charge on any atom is -0.352 e. The van der Waals surface area contributed by atoms with Crippen molar-refractivity contribution in [3.05, 3.63) is 0 Å². The zero-order valence-electron chi connectivity index (χ0n) is 17.4. The van der Waals surface area contributed by atoms with E-state index in [1.807, 2.05) is 0 Å². The van der Waals surface area contributed by atoms with Gasteiger partial charge in [0.25, 0.3) is 0 Å². The first kappa shape index (κ1) is 18.9. The normalized spacial score (nSPS) is 40.2. The number of nitrogens with zero attached hydrogens (tertiary/aromatic N) is 2. The molecule has 0 aromatic heterocycles. The van der Waals surface area contributed by atoms with Gasteiger partial charge in [-0.1, -0.05) is 19.3 Å². The van der Waals surface area contributed by atoms with Gasteiger partial charge in [0.15, 0.2) is 0 Å². The first-order chi connectivity index (χ1) is 13.6. The van der Waals surface area contributed by atoms with Crippen molar-refractivity contribution in [3.8, 4) is 6.07 Å². The van der Waals surface area contributed by atoms with E-state index in [4.69, 9.17) is 0 Å². The van der Waals surface area contributed by atoms with Crippen molar-refractivity contribution in [1.29, 1.82) is 5.26 Å². The van der Waals surface area contributed by atoms with Crippen LogP contribution in [0.3, 0.4) is 0 Å². The quantitative estimate of drug-likeness (QED) is 0.795. The van der Waals surface area contributed by atoms with Gasteiger partial charge in [0, 0.05) is 19.1 Å². The highest BCUT2D eigenvalue weighted by Crippen LogP contribution is 2.53. The monoisotopic (exact) mass is 383 g/mol. The number of piperidine rings is 1. The number of hydrogen-bond donors (Lipinski definition) is 1. The van der Waals surface area contributed by atoms with E-state index in [0.29, 0.717) is 18.5 Å². The molecule has 4 bridgehead atoms. The molecule has 0 spiro atoms. The van der Waals surface area contributed by atoms with Crippen LogP contribution in [0.2, 0.25) is 0 Å². The van der Waals surface area contributed by atoms with Crippen LogP contribution in [-0.4, -0.2) is 36.5 Å². The first-order valence-electron chi connectivity index (χ1n) is 12.1. The molecular formula is C24H37N3O. The second-order valence-corrected chi connectivity index (χ2v) is 10.9. The molecular weight excluding hydrogens is 346 g/mol. The van der Waals surface area contributed by atoms with E-state index in [9.17, 15) is 10.1 Å². The summed E-state index contributed by atoms with van der Waals surface area (Å²) in [6.07, 6.45) is 15.2. The average Bonchev–Trinajstić information content (AvgIpc) is 2.72. The summed E-state index contributed by atoms with van der Waals surface area (Å²) in [7, 11) is 0. The lowest BCUT2D eigenvalue weighted by Crippen LogP contribution is -2.57. The molecule has 1 saturated heterocycles. The lowest BCUT2D eigenvalue weighted by Gasteiger charge is -2.54. The standard InChI is InChI=1S/C24H37N3O/c25-16-24(21-4-2-1-3-5-21)6-8-27(9-7-24)15-22(28)26-23-19-11-17-10-18(13-19)14-20(23)12-17/h17-21,23H,1-15H2,(H,26,28). The Morgan fingerprint density at radius 2 is 1.57 bits per heavy atom. The van der Waals surface area contributed by atoms with Gasteiger partial charge < -0.3 is 5.32 Å². The van der Waals surface area contributed by atoms with Crippen LogP contribution in [0.25, 0.3) is 0 Å². The van der Waals surface area contributed by atoms with Gasteiger partial charge in [0.2, 0.25) is 5.91 Å². The molecule has 154 valence electrons. The van der Waals surface area contributed by atoms with Crippen molar-refractivity contribution in [2.45, 2.75) is 83.1 Å². The maximum absolute atomic E-state index is 12.8. The molecule has 5 saturated carbocycles. The van der Waals surface area contributed by atoms with Crippen LogP contribution in [0.5, 0.6) is 0 Å². The maximum Gasteiger partial charge on any atom is 0.234 e.